The molecule has 0 radical (unpaired) electrons. The van der Waals surface area contributed by atoms with Crippen LogP contribution in [0.3, 0.4) is 0 Å². The van der Waals surface area contributed by atoms with Crippen LogP contribution < -0.4 is 11.1 Å². The van der Waals surface area contributed by atoms with Gasteiger partial charge in [0.15, 0.2) is 11.4 Å². The zero-order valence-corrected chi connectivity index (χ0v) is 22.3. The average molecular weight is 638 g/mol. The molecule has 0 heterocycles. The van der Waals surface area contributed by atoms with E-state index in [-0.39, 0.29) is 23.7 Å². The minimum absolute atomic E-state index is 0.111. The maximum atomic E-state index is 13.9. The number of halogens is 1. The third kappa shape index (κ3) is 3.72. The van der Waals surface area contributed by atoms with Gasteiger partial charge in [-0.3, -0.25) is 19.2 Å². The van der Waals surface area contributed by atoms with Crippen molar-refractivity contribution in [3.05, 3.63) is 45.7 Å². The number of rotatable bonds is 5. The number of fused-ring (bicyclic) bond motifs is 3. The second-order valence-corrected chi connectivity index (χ2v) is 11.4. The standard InChI is InChI=1S/C26H27IN2O9/c27-24(36)11-6-5-10-12(8-29-9-3-1-2-4-9)15-18(21(33)16(10)19(11)31)23(35)26(38)13(20(15)32)7-14(30)17(22(26)34)25(28)37/h5-6,9,12-13,15,20,29,31-34,38H,1-4,7-8H2,(H2,28,37)/t12-,13+,15+,20+,26+/m0/s1. The van der Waals surface area contributed by atoms with Gasteiger partial charge in [0.25, 0.3) is 5.91 Å². The van der Waals surface area contributed by atoms with Gasteiger partial charge in [-0.1, -0.05) is 18.9 Å². The van der Waals surface area contributed by atoms with E-state index in [9.17, 15) is 44.7 Å². The molecule has 0 bridgehead atoms. The number of carbonyl (C=O) groups excluding carboxylic acids is 4. The van der Waals surface area contributed by atoms with Crippen molar-refractivity contribution in [3.8, 4) is 5.75 Å². The summed E-state index contributed by atoms with van der Waals surface area (Å²) in [6, 6.07) is 3.12. The molecule has 12 heteroatoms. The van der Waals surface area contributed by atoms with E-state index >= 15 is 0 Å². The van der Waals surface area contributed by atoms with Crippen LogP contribution in [-0.2, 0) is 14.4 Å². The summed E-state index contributed by atoms with van der Waals surface area (Å²) in [5, 5.41) is 59.5. The third-order valence-corrected chi connectivity index (χ3v) is 9.08. The van der Waals surface area contributed by atoms with E-state index in [1.807, 2.05) is 0 Å². The van der Waals surface area contributed by atoms with Gasteiger partial charge < -0.3 is 36.6 Å². The fourth-order valence-electron chi connectivity index (χ4n) is 6.64. The zero-order chi connectivity index (χ0) is 27.7. The van der Waals surface area contributed by atoms with Gasteiger partial charge in [0.05, 0.1) is 17.2 Å². The summed E-state index contributed by atoms with van der Waals surface area (Å²) >= 11 is 1.48. The number of primary amides is 1. The molecule has 8 N–H and O–H groups in total. The molecule has 4 aliphatic carbocycles. The van der Waals surface area contributed by atoms with Crippen LogP contribution in [0.5, 0.6) is 5.75 Å². The number of nitrogens with two attached hydrogens (primary N) is 1. The molecule has 0 aliphatic heterocycles. The van der Waals surface area contributed by atoms with Gasteiger partial charge >= 0.3 is 0 Å². The first kappa shape index (κ1) is 26.8. The summed E-state index contributed by atoms with van der Waals surface area (Å²) in [4.78, 5) is 50.5. The molecular weight excluding hydrogens is 611 g/mol. The van der Waals surface area contributed by atoms with Gasteiger partial charge in [-0.25, -0.2) is 0 Å². The Kier molecular flexibility index (Phi) is 6.65. The number of aliphatic hydroxyl groups is 4. The maximum Gasteiger partial charge on any atom is 0.255 e. The number of phenols is 1. The summed E-state index contributed by atoms with van der Waals surface area (Å²) < 4.78 is -0.519. The largest absolute Gasteiger partial charge is 0.508 e. The molecule has 0 saturated heterocycles. The number of ketones is 2. The van der Waals surface area contributed by atoms with E-state index in [1.54, 1.807) is 6.07 Å². The Morgan fingerprint density at radius 1 is 1.13 bits per heavy atom. The first-order valence-corrected chi connectivity index (χ1v) is 13.4. The lowest BCUT2D eigenvalue weighted by Gasteiger charge is -2.51. The van der Waals surface area contributed by atoms with Crippen molar-refractivity contribution in [3.63, 3.8) is 0 Å². The lowest BCUT2D eigenvalue weighted by Crippen LogP contribution is -2.64. The molecule has 2 saturated carbocycles. The minimum atomic E-state index is -2.91. The highest BCUT2D eigenvalue weighted by atomic mass is 127. The summed E-state index contributed by atoms with van der Waals surface area (Å²) in [5.41, 5.74) is 0.962. The smallest absolute Gasteiger partial charge is 0.255 e. The molecule has 202 valence electrons. The first-order valence-electron chi connectivity index (χ1n) is 12.4. The van der Waals surface area contributed by atoms with Crippen LogP contribution in [0.4, 0.5) is 0 Å². The van der Waals surface area contributed by atoms with Gasteiger partial charge in [-0.2, -0.15) is 0 Å². The summed E-state index contributed by atoms with van der Waals surface area (Å²) in [7, 11) is 0. The topological polar surface area (TPSA) is 207 Å². The normalized spacial score (nSPS) is 31.2. The molecule has 4 aliphatic rings. The SMILES string of the molecule is NC(=O)C1=C(O)[C@@]2(O)C(=O)C3=C(O)c4c(ccc(C(=O)I)c4O)[C@H](CNC4CCCC4)[C@H]3[C@H](O)[C@H]2CC1=O. The van der Waals surface area contributed by atoms with Crippen LogP contribution in [0, 0.1) is 11.8 Å². The number of amides is 1. The average Bonchev–Trinajstić information content (AvgIpc) is 3.37. The summed E-state index contributed by atoms with van der Waals surface area (Å²) in [6.07, 6.45) is 1.69. The van der Waals surface area contributed by atoms with Gasteiger partial charge in [0, 0.05) is 64.9 Å². The highest BCUT2D eigenvalue weighted by Crippen LogP contribution is 2.56. The predicted molar refractivity (Wildman–Crippen MR) is 140 cm³/mol. The molecule has 1 aromatic carbocycles. The molecule has 38 heavy (non-hydrogen) atoms. The number of hydrogen-bond donors (Lipinski definition) is 7. The van der Waals surface area contributed by atoms with Crippen LogP contribution in [-0.4, -0.2) is 71.1 Å². The number of aromatic hydroxyl groups is 1. The number of hydrogen-bond acceptors (Lipinski definition) is 10. The van der Waals surface area contributed by atoms with Crippen LogP contribution >= 0.6 is 22.6 Å². The molecule has 11 nitrogen and oxygen atoms in total. The van der Waals surface area contributed by atoms with Crippen molar-refractivity contribution >= 4 is 49.6 Å². The Bertz CT molecular complexity index is 1350. The molecule has 0 aromatic heterocycles. The van der Waals surface area contributed by atoms with Crippen LogP contribution in [0.25, 0.3) is 5.76 Å². The molecule has 5 atom stereocenters. The molecule has 1 aromatic rings. The second-order valence-electron chi connectivity index (χ2n) is 10.4. The monoisotopic (exact) mass is 638 g/mol. The molecule has 1 amide bonds. The number of Topliss-reactive ketones (excluding diaryl/α,β-unsaturated/α-hetero) is 2. The van der Waals surface area contributed by atoms with Gasteiger partial charge in [0.2, 0.25) is 9.57 Å². The Morgan fingerprint density at radius 3 is 2.39 bits per heavy atom. The van der Waals surface area contributed by atoms with Crippen LogP contribution in [0.1, 0.15) is 59.5 Å². The second kappa shape index (κ2) is 9.43. The summed E-state index contributed by atoms with van der Waals surface area (Å²) in [6.45, 7) is 0.216. The fraction of sp³-hybridized carbons (Fsp3) is 0.462. The highest BCUT2D eigenvalue weighted by molar-refractivity contribution is 14.1. The summed E-state index contributed by atoms with van der Waals surface area (Å²) in [5.74, 6) is -9.48. The Balaban J connectivity index is 1.72. The molecule has 2 fully saturated rings. The van der Waals surface area contributed by atoms with Crippen molar-refractivity contribution in [2.75, 3.05) is 6.54 Å². The maximum absolute atomic E-state index is 13.9. The van der Waals surface area contributed by atoms with Crippen LogP contribution in [0.2, 0.25) is 0 Å². The number of carbonyl (C=O) groups is 4. The third-order valence-electron chi connectivity index (χ3n) is 8.50. The van der Waals surface area contributed by atoms with E-state index in [2.05, 4.69) is 5.32 Å². The Labute approximate surface area is 230 Å². The lowest BCUT2D eigenvalue weighted by atomic mass is 9.55. The Morgan fingerprint density at radius 2 is 1.79 bits per heavy atom. The zero-order valence-electron chi connectivity index (χ0n) is 20.1. The molecular formula is C26H27IN2O9. The van der Waals surface area contributed by atoms with E-state index in [0.717, 1.165) is 25.7 Å². The van der Waals surface area contributed by atoms with Gasteiger partial charge in [-0.15, -0.1) is 0 Å². The van der Waals surface area contributed by atoms with Gasteiger partial charge in [-0.05, 0) is 24.5 Å². The van der Waals surface area contributed by atoms with Crippen LogP contribution in [0.15, 0.2) is 29.0 Å². The highest BCUT2D eigenvalue weighted by Gasteiger charge is 2.65. The number of phenolic OH excluding ortho intramolecular Hbond substituents is 1. The van der Waals surface area contributed by atoms with Gasteiger partial charge in [0.1, 0.15) is 22.8 Å². The van der Waals surface area contributed by atoms with Crippen molar-refractivity contribution < 1.29 is 44.7 Å². The number of nitrogens with one attached hydrogen (secondary N) is 1. The molecule has 0 spiro atoms. The number of aliphatic hydroxyl groups excluding tert-OH is 3. The van der Waals surface area contributed by atoms with Crippen molar-refractivity contribution in [2.24, 2.45) is 17.6 Å². The predicted octanol–water partition coefficient (Wildman–Crippen LogP) is 1.04. The quantitative estimate of drug-likeness (QED) is 0.139. The fourth-order valence-corrected chi connectivity index (χ4v) is 7.08. The van der Waals surface area contributed by atoms with E-state index in [4.69, 9.17) is 5.73 Å². The first-order chi connectivity index (χ1) is 17.9. The Hall–Kier alpha value is -2.81. The lowest BCUT2D eigenvalue weighted by molar-refractivity contribution is -0.160. The van der Waals surface area contributed by atoms with E-state index < -0.39 is 85.6 Å². The van der Waals surface area contributed by atoms with Crippen molar-refractivity contribution in [2.45, 2.75) is 55.8 Å². The van der Waals surface area contributed by atoms with E-state index in [0.29, 0.717) is 5.56 Å². The minimum Gasteiger partial charge on any atom is -0.508 e. The molecule has 5 rings (SSSR count). The van der Waals surface area contributed by atoms with E-state index in [1.165, 1.54) is 28.7 Å². The molecule has 0 unspecified atom stereocenters. The number of benzene rings is 1. The van der Waals surface area contributed by atoms with Crippen molar-refractivity contribution in [1.29, 1.82) is 0 Å². The van der Waals surface area contributed by atoms with Crippen molar-refractivity contribution in [1.82, 2.24) is 5.32 Å².